The third-order valence-corrected chi connectivity index (χ3v) is 6.22. The summed E-state index contributed by atoms with van der Waals surface area (Å²) >= 11 is 15.5. The van der Waals surface area contributed by atoms with Crippen molar-refractivity contribution in [3.8, 4) is 11.5 Å². The Morgan fingerprint density at radius 2 is 1.74 bits per heavy atom. The van der Waals surface area contributed by atoms with Gasteiger partial charge in [0.25, 0.3) is 11.8 Å². The number of imide groups is 2. The van der Waals surface area contributed by atoms with Crippen LogP contribution in [0.25, 0.3) is 6.08 Å². The Morgan fingerprint density at radius 1 is 1.00 bits per heavy atom. The van der Waals surface area contributed by atoms with E-state index in [0.717, 1.165) is 9.37 Å². The van der Waals surface area contributed by atoms with Gasteiger partial charge < -0.3 is 9.47 Å². The SMILES string of the molecule is COc1ccc(/C=C2\C(=O)NC(=O)N(c3ccc(Br)cc3)C2=O)c(OCc2ccc(Cl)cc2Cl)c1. The number of benzene rings is 3. The predicted molar refractivity (Wildman–Crippen MR) is 137 cm³/mol. The van der Waals surface area contributed by atoms with Gasteiger partial charge in [-0.3, -0.25) is 14.9 Å². The lowest BCUT2D eigenvalue weighted by molar-refractivity contribution is -0.122. The van der Waals surface area contributed by atoms with E-state index in [0.29, 0.717) is 38.4 Å². The van der Waals surface area contributed by atoms with Crippen LogP contribution in [0.15, 0.2) is 70.7 Å². The molecule has 0 unspecified atom stereocenters. The van der Waals surface area contributed by atoms with E-state index in [1.165, 1.54) is 13.2 Å². The van der Waals surface area contributed by atoms with E-state index in [1.54, 1.807) is 60.7 Å². The van der Waals surface area contributed by atoms with Crippen LogP contribution in [0.3, 0.4) is 0 Å². The molecule has 1 fully saturated rings. The molecule has 1 N–H and O–H groups in total. The number of hydrogen-bond acceptors (Lipinski definition) is 5. The Morgan fingerprint density at radius 3 is 2.43 bits per heavy atom. The molecule has 0 aliphatic carbocycles. The van der Waals surface area contributed by atoms with Crippen molar-refractivity contribution in [3.63, 3.8) is 0 Å². The topological polar surface area (TPSA) is 84.9 Å². The zero-order chi connectivity index (χ0) is 25.1. The monoisotopic (exact) mass is 574 g/mol. The smallest absolute Gasteiger partial charge is 0.335 e. The zero-order valence-corrected chi connectivity index (χ0v) is 21.3. The van der Waals surface area contributed by atoms with Crippen LogP contribution in [-0.2, 0) is 16.2 Å². The Bertz CT molecular complexity index is 1360. The van der Waals surface area contributed by atoms with E-state index in [1.807, 2.05) is 0 Å². The van der Waals surface area contributed by atoms with Gasteiger partial charge in [-0.15, -0.1) is 0 Å². The van der Waals surface area contributed by atoms with E-state index in [-0.39, 0.29) is 12.2 Å². The quantitative estimate of drug-likeness (QED) is 0.287. The molecule has 0 saturated carbocycles. The Balaban J connectivity index is 1.68. The molecule has 3 aromatic rings. The number of anilines is 1. The molecule has 3 aromatic carbocycles. The summed E-state index contributed by atoms with van der Waals surface area (Å²) < 4.78 is 12.0. The third kappa shape index (κ3) is 5.51. The van der Waals surface area contributed by atoms with Crippen molar-refractivity contribution in [2.75, 3.05) is 12.0 Å². The summed E-state index contributed by atoms with van der Waals surface area (Å²) in [5.41, 5.74) is 1.21. The molecule has 0 atom stereocenters. The first-order valence-electron chi connectivity index (χ1n) is 10.2. The first-order valence-corrected chi connectivity index (χ1v) is 11.7. The molecule has 1 saturated heterocycles. The molecule has 1 heterocycles. The van der Waals surface area contributed by atoms with Crippen molar-refractivity contribution in [2.24, 2.45) is 0 Å². The van der Waals surface area contributed by atoms with Crippen LogP contribution in [0.4, 0.5) is 10.5 Å². The molecule has 4 amide bonds. The van der Waals surface area contributed by atoms with E-state index in [2.05, 4.69) is 21.2 Å². The Kier molecular flexibility index (Phi) is 7.45. The van der Waals surface area contributed by atoms with Crippen molar-refractivity contribution in [1.29, 1.82) is 0 Å². The fourth-order valence-corrected chi connectivity index (χ4v) is 4.05. The van der Waals surface area contributed by atoms with Crippen LogP contribution in [0.2, 0.25) is 10.0 Å². The van der Waals surface area contributed by atoms with E-state index in [4.69, 9.17) is 32.7 Å². The Labute approximate surface area is 219 Å². The van der Waals surface area contributed by atoms with E-state index < -0.39 is 17.8 Å². The van der Waals surface area contributed by atoms with Crippen LogP contribution in [0.1, 0.15) is 11.1 Å². The lowest BCUT2D eigenvalue weighted by Gasteiger charge is -2.26. The Hall–Kier alpha value is -3.33. The summed E-state index contributed by atoms with van der Waals surface area (Å²) in [6, 6.07) is 15.7. The van der Waals surface area contributed by atoms with Gasteiger partial charge in [0.1, 0.15) is 23.7 Å². The average molecular weight is 576 g/mol. The third-order valence-electron chi connectivity index (χ3n) is 5.11. The van der Waals surface area contributed by atoms with Crippen molar-refractivity contribution < 1.29 is 23.9 Å². The van der Waals surface area contributed by atoms with Crippen molar-refractivity contribution >= 4 is 68.7 Å². The number of nitrogens with one attached hydrogen (secondary N) is 1. The largest absolute Gasteiger partial charge is 0.497 e. The van der Waals surface area contributed by atoms with E-state index >= 15 is 0 Å². The number of ether oxygens (including phenoxy) is 2. The van der Waals surface area contributed by atoms with Crippen LogP contribution < -0.4 is 19.7 Å². The predicted octanol–water partition coefficient (Wildman–Crippen LogP) is 6.01. The summed E-state index contributed by atoms with van der Waals surface area (Å²) in [5.74, 6) is -0.717. The number of urea groups is 1. The summed E-state index contributed by atoms with van der Waals surface area (Å²) in [4.78, 5) is 39.1. The maximum absolute atomic E-state index is 13.2. The first kappa shape index (κ1) is 24.8. The summed E-state index contributed by atoms with van der Waals surface area (Å²) in [6.07, 6.45) is 1.37. The molecule has 0 bridgehead atoms. The van der Waals surface area contributed by atoms with Gasteiger partial charge in [-0.1, -0.05) is 45.2 Å². The number of carbonyl (C=O) groups is 3. The summed E-state index contributed by atoms with van der Waals surface area (Å²) in [7, 11) is 1.51. The highest BCUT2D eigenvalue weighted by molar-refractivity contribution is 9.10. The van der Waals surface area contributed by atoms with Gasteiger partial charge in [0, 0.05) is 31.7 Å². The molecule has 35 heavy (non-hydrogen) atoms. The minimum atomic E-state index is -0.831. The fraction of sp³-hybridized carbons (Fsp3) is 0.0800. The van der Waals surface area contributed by atoms with Gasteiger partial charge in [0.2, 0.25) is 0 Å². The highest BCUT2D eigenvalue weighted by Crippen LogP contribution is 2.31. The second-order valence-electron chi connectivity index (χ2n) is 7.36. The van der Waals surface area contributed by atoms with Crippen LogP contribution >= 0.6 is 39.1 Å². The van der Waals surface area contributed by atoms with Crippen LogP contribution in [0.5, 0.6) is 11.5 Å². The molecule has 178 valence electrons. The van der Waals surface area contributed by atoms with Crippen LogP contribution in [-0.4, -0.2) is 25.0 Å². The van der Waals surface area contributed by atoms with Gasteiger partial charge in [0.15, 0.2) is 0 Å². The molecule has 0 aromatic heterocycles. The molecule has 4 rings (SSSR count). The van der Waals surface area contributed by atoms with Crippen molar-refractivity contribution in [3.05, 3.63) is 91.9 Å². The number of rotatable bonds is 6. The molecule has 7 nitrogen and oxygen atoms in total. The summed E-state index contributed by atoms with van der Waals surface area (Å²) in [5, 5.41) is 3.14. The maximum Gasteiger partial charge on any atom is 0.335 e. The number of nitrogens with zero attached hydrogens (tertiary/aromatic N) is 1. The number of barbiturate groups is 1. The lowest BCUT2D eigenvalue weighted by atomic mass is 10.1. The second-order valence-corrected chi connectivity index (χ2v) is 9.12. The van der Waals surface area contributed by atoms with Crippen molar-refractivity contribution in [1.82, 2.24) is 5.32 Å². The van der Waals surface area contributed by atoms with Gasteiger partial charge in [0.05, 0.1) is 12.8 Å². The molecule has 1 aliphatic rings. The lowest BCUT2D eigenvalue weighted by Crippen LogP contribution is -2.54. The minimum absolute atomic E-state index is 0.100. The van der Waals surface area contributed by atoms with Crippen molar-refractivity contribution in [2.45, 2.75) is 6.61 Å². The zero-order valence-electron chi connectivity index (χ0n) is 18.2. The summed E-state index contributed by atoms with van der Waals surface area (Å²) in [6.45, 7) is 0.100. The van der Waals surface area contributed by atoms with Crippen LogP contribution in [0, 0.1) is 0 Å². The normalized spacial score (nSPS) is 14.8. The molecule has 0 radical (unpaired) electrons. The molecular formula is C25H17BrCl2N2O5. The first-order chi connectivity index (χ1) is 16.8. The highest BCUT2D eigenvalue weighted by atomic mass is 79.9. The van der Waals surface area contributed by atoms with Gasteiger partial charge in [-0.25, -0.2) is 9.69 Å². The number of carbonyl (C=O) groups excluding carboxylic acids is 3. The molecule has 0 spiro atoms. The second kappa shape index (κ2) is 10.5. The molecule has 1 aliphatic heterocycles. The van der Waals surface area contributed by atoms with Gasteiger partial charge in [-0.05, 0) is 54.6 Å². The minimum Gasteiger partial charge on any atom is -0.497 e. The number of methoxy groups -OCH3 is 1. The molecule has 10 heteroatoms. The van der Waals surface area contributed by atoms with Gasteiger partial charge in [-0.2, -0.15) is 0 Å². The fourth-order valence-electron chi connectivity index (χ4n) is 3.32. The standard InChI is InChI=1S/C25H17BrCl2N2O5/c1-34-19-9-3-14(22(12-19)35-13-15-2-6-17(27)11-21(15)28)10-20-23(31)29-25(33)30(24(20)32)18-7-4-16(26)5-8-18/h2-12H,13H2,1H3,(H,29,31,33)/b20-10+. The van der Waals surface area contributed by atoms with E-state index in [9.17, 15) is 14.4 Å². The number of halogens is 3. The van der Waals surface area contributed by atoms with Gasteiger partial charge >= 0.3 is 6.03 Å². The maximum atomic E-state index is 13.2. The number of amides is 4. The molecular weight excluding hydrogens is 559 g/mol. The number of hydrogen-bond donors (Lipinski definition) is 1. The highest BCUT2D eigenvalue weighted by Gasteiger charge is 2.37. The average Bonchev–Trinajstić information content (AvgIpc) is 2.82.